The van der Waals surface area contributed by atoms with Crippen LogP contribution in [0.1, 0.15) is 34.6 Å². The van der Waals surface area contributed by atoms with Crippen molar-refractivity contribution < 1.29 is 9.63 Å². The lowest BCUT2D eigenvalue weighted by Crippen LogP contribution is -2.25. The highest BCUT2D eigenvalue weighted by Gasteiger charge is 2.22. The van der Waals surface area contributed by atoms with E-state index in [1.807, 2.05) is 19.9 Å². The van der Waals surface area contributed by atoms with Gasteiger partial charge in [0.15, 0.2) is 0 Å². The molecule has 0 atom stereocenters. The summed E-state index contributed by atoms with van der Waals surface area (Å²) in [4.78, 5) is 20.9. The lowest BCUT2D eigenvalue weighted by molar-refractivity contribution is 0.0266. The Labute approximate surface area is 95.0 Å². The molecule has 0 saturated heterocycles. The van der Waals surface area contributed by atoms with Crippen LogP contribution < -0.4 is 5.48 Å². The van der Waals surface area contributed by atoms with Crippen LogP contribution in [0.15, 0.2) is 12.1 Å². The molecule has 1 heterocycles. The minimum absolute atomic E-state index is 0.274. The molecule has 1 aromatic heterocycles. The molecule has 1 fully saturated rings. The van der Waals surface area contributed by atoms with Crippen molar-refractivity contribution in [2.45, 2.75) is 26.7 Å². The Morgan fingerprint density at radius 3 is 2.88 bits per heavy atom. The molecule has 16 heavy (non-hydrogen) atoms. The molecule has 1 aliphatic rings. The van der Waals surface area contributed by atoms with E-state index in [1.165, 1.54) is 12.8 Å². The maximum Gasteiger partial charge on any atom is 0.293 e. The smallest absolute Gasteiger partial charge is 0.273 e. The number of amides is 1. The summed E-state index contributed by atoms with van der Waals surface area (Å²) in [6.07, 6.45) is 2.41. The number of carbonyl (C=O) groups is 1. The summed E-state index contributed by atoms with van der Waals surface area (Å²) in [6, 6.07) is 3.59. The second-order valence-electron chi connectivity index (χ2n) is 4.28. The van der Waals surface area contributed by atoms with Crippen LogP contribution in [0.2, 0.25) is 0 Å². The third-order valence-electron chi connectivity index (χ3n) is 2.76. The van der Waals surface area contributed by atoms with E-state index in [2.05, 4.69) is 10.5 Å². The van der Waals surface area contributed by atoms with Crippen molar-refractivity contribution in [1.29, 1.82) is 0 Å². The van der Waals surface area contributed by atoms with Gasteiger partial charge in [0.25, 0.3) is 5.91 Å². The predicted molar refractivity (Wildman–Crippen MR) is 59.9 cm³/mol. The lowest BCUT2D eigenvalue weighted by Gasteiger charge is -2.06. The van der Waals surface area contributed by atoms with E-state index in [4.69, 9.17) is 4.84 Å². The van der Waals surface area contributed by atoms with Gasteiger partial charge in [-0.25, -0.2) is 10.5 Å². The highest BCUT2D eigenvalue weighted by molar-refractivity contribution is 5.91. The first kappa shape index (κ1) is 11.1. The summed E-state index contributed by atoms with van der Waals surface area (Å²) in [6.45, 7) is 4.46. The number of nitrogens with one attached hydrogen (secondary N) is 1. The molecule has 1 amide bonds. The largest absolute Gasteiger partial charge is 0.293 e. The van der Waals surface area contributed by atoms with Gasteiger partial charge in [0.2, 0.25) is 0 Å². The van der Waals surface area contributed by atoms with Gasteiger partial charge in [0.1, 0.15) is 5.69 Å². The van der Waals surface area contributed by atoms with Crippen molar-refractivity contribution in [1.82, 2.24) is 10.5 Å². The SMILES string of the molecule is Cc1ccc(C(=O)NOCC2CC2)nc1C. The number of rotatable bonds is 4. The molecule has 2 rings (SSSR count). The Morgan fingerprint density at radius 2 is 2.25 bits per heavy atom. The maximum absolute atomic E-state index is 11.6. The Bertz CT molecular complexity index is 400. The van der Waals surface area contributed by atoms with Crippen molar-refractivity contribution in [3.8, 4) is 0 Å². The molecule has 1 N–H and O–H groups in total. The molecule has 1 saturated carbocycles. The first-order valence-electron chi connectivity index (χ1n) is 5.53. The van der Waals surface area contributed by atoms with Crippen LogP contribution in [0.5, 0.6) is 0 Å². The van der Waals surface area contributed by atoms with E-state index in [-0.39, 0.29) is 5.91 Å². The van der Waals surface area contributed by atoms with Gasteiger partial charge >= 0.3 is 0 Å². The van der Waals surface area contributed by atoms with E-state index in [1.54, 1.807) is 6.07 Å². The zero-order valence-corrected chi connectivity index (χ0v) is 9.62. The summed E-state index contributed by atoms with van der Waals surface area (Å²) in [7, 11) is 0. The average Bonchev–Trinajstić information content (AvgIpc) is 3.06. The van der Waals surface area contributed by atoms with Crippen molar-refractivity contribution in [3.63, 3.8) is 0 Å². The normalized spacial score (nSPS) is 14.9. The van der Waals surface area contributed by atoms with Crippen LogP contribution in [0.3, 0.4) is 0 Å². The molecule has 1 aromatic rings. The van der Waals surface area contributed by atoms with Crippen LogP contribution in [0.25, 0.3) is 0 Å². The molecular weight excluding hydrogens is 204 g/mol. The van der Waals surface area contributed by atoms with Crippen molar-refractivity contribution in [2.24, 2.45) is 5.92 Å². The lowest BCUT2D eigenvalue weighted by atomic mass is 10.2. The fourth-order valence-electron chi connectivity index (χ4n) is 1.32. The van der Waals surface area contributed by atoms with Crippen LogP contribution >= 0.6 is 0 Å². The molecule has 4 heteroatoms. The Hall–Kier alpha value is -1.42. The van der Waals surface area contributed by atoms with E-state index >= 15 is 0 Å². The number of aryl methyl sites for hydroxylation is 2. The molecular formula is C12H16N2O2. The van der Waals surface area contributed by atoms with Gasteiger partial charge in [0, 0.05) is 5.69 Å². The minimum Gasteiger partial charge on any atom is -0.273 e. The Kier molecular flexibility index (Phi) is 3.19. The Morgan fingerprint density at radius 1 is 1.50 bits per heavy atom. The zero-order chi connectivity index (χ0) is 11.5. The van der Waals surface area contributed by atoms with Gasteiger partial charge in [-0.2, -0.15) is 0 Å². The molecule has 4 nitrogen and oxygen atoms in total. The quantitative estimate of drug-likeness (QED) is 0.787. The van der Waals surface area contributed by atoms with Crippen molar-refractivity contribution in [3.05, 3.63) is 29.1 Å². The van der Waals surface area contributed by atoms with Gasteiger partial charge in [-0.15, -0.1) is 0 Å². The highest BCUT2D eigenvalue weighted by Crippen LogP contribution is 2.28. The number of hydrogen-bond donors (Lipinski definition) is 1. The Balaban J connectivity index is 1.88. The summed E-state index contributed by atoms with van der Waals surface area (Å²) in [5, 5.41) is 0. The second kappa shape index (κ2) is 4.61. The van der Waals surface area contributed by atoms with Crippen LogP contribution in [-0.4, -0.2) is 17.5 Å². The van der Waals surface area contributed by atoms with E-state index < -0.39 is 0 Å². The molecule has 0 bridgehead atoms. The molecule has 1 aliphatic carbocycles. The number of carbonyl (C=O) groups excluding carboxylic acids is 1. The van der Waals surface area contributed by atoms with Gasteiger partial charge < -0.3 is 0 Å². The predicted octanol–water partition coefficient (Wildman–Crippen LogP) is 1.77. The molecule has 0 radical (unpaired) electrons. The highest BCUT2D eigenvalue weighted by atomic mass is 16.7. The molecule has 0 aliphatic heterocycles. The zero-order valence-electron chi connectivity index (χ0n) is 9.62. The minimum atomic E-state index is -0.274. The second-order valence-corrected chi connectivity index (χ2v) is 4.28. The van der Waals surface area contributed by atoms with Crippen molar-refractivity contribution >= 4 is 5.91 Å². The third kappa shape index (κ3) is 2.79. The molecule has 86 valence electrons. The van der Waals surface area contributed by atoms with E-state index in [9.17, 15) is 4.79 Å². The molecule has 0 aromatic carbocycles. The molecule has 0 unspecified atom stereocenters. The first-order valence-corrected chi connectivity index (χ1v) is 5.53. The fraction of sp³-hybridized carbons (Fsp3) is 0.500. The fourth-order valence-corrected chi connectivity index (χ4v) is 1.32. The number of nitrogens with zero attached hydrogens (tertiary/aromatic N) is 1. The maximum atomic E-state index is 11.6. The number of aromatic nitrogens is 1. The van der Waals surface area contributed by atoms with Gasteiger partial charge in [-0.05, 0) is 44.2 Å². The van der Waals surface area contributed by atoms with Crippen molar-refractivity contribution in [2.75, 3.05) is 6.61 Å². The van der Waals surface area contributed by atoms with E-state index in [0.29, 0.717) is 18.2 Å². The van der Waals surface area contributed by atoms with E-state index in [0.717, 1.165) is 11.3 Å². The summed E-state index contributed by atoms with van der Waals surface area (Å²) < 4.78 is 0. The molecule has 0 spiro atoms. The number of hydrogen-bond acceptors (Lipinski definition) is 3. The summed E-state index contributed by atoms with van der Waals surface area (Å²) >= 11 is 0. The van der Waals surface area contributed by atoms with Gasteiger partial charge in [-0.1, -0.05) is 6.07 Å². The first-order chi connectivity index (χ1) is 7.66. The standard InChI is InChI=1S/C12H16N2O2/c1-8-3-6-11(13-9(8)2)12(15)14-16-7-10-4-5-10/h3,6,10H,4-5,7H2,1-2H3,(H,14,15). The topological polar surface area (TPSA) is 51.2 Å². The summed E-state index contributed by atoms with van der Waals surface area (Å²) in [5.41, 5.74) is 4.77. The van der Waals surface area contributed by atoms with Crippen LogP contribution in [0, 0.1) is 19.8 Å². The van der Waals surface area contributed by atoms with Gasteiger partial charge in [0.05, 0.1) is 6.61 Å². The number of pyridine rings is 1. The number of hydroxylamine groups is 1. The van der Waals surface area contributed by atoms with Gasteiger partial charge in [-0.3, -0.25) is 9.63 Å². The average molecular weight is 220 g/mol. The summed E-state index contributed by atoms with van der Waals surface area (Å²) in [5.74, 6) is 0.358. The van der Waals surface area contributed by atoms with Crippen LogP contribution in [-0.2, 0) is 4.84 Å². The third-order valence-corrected chi connectivity index (χ3v) is 2.76. The van der Waals surface area contributed by atoms with Crippen LogP contribution in [0.4, 0.5) is 0 Å². The monoisotopic (exact) mass is 220 g/mol.